The van der Waals surface area contributed by atoms with E-state index in [-0.39, 0.29) is 0 Å². The fourth-order valence-electron chi connectivity index (χ4n) is 0.441. The van der Waals surface area contributed by atoms with E-state index in [1.807, 2.05) is 25.5 Å². The lowest BCUT2D eigenvalue weighted by Gasteiger charge is -2.04. The third-order valence-corrected chi connectivity index (χ3v) is 0.867. The molecule has 0 aromatic carbocycles. The number of carboxylic acids is 1. The van der Waals surface area contributed by atoms with E-state index in [1.165, 1.54) is 0 Å². The molecule has 0 saturated carbocycles. The molecule has 0 rings (SSSR count). The largest absolute Gasteiger partial charge is 0.478 e. The van der Waals surface area contributed by atoms with Crippen LogP contribution >= 0.6 is 0 Å². The molecule has 0 fully saturated rings. The van der Waals surface area contributed by atoms with Crippen molar-refractivity contribution in [3.05, 3.63) is 18.7 Å². The number of hydrogen-bond acceptors (Lipinski definition) is 2. The van der Waals surface area contributed by atoms with Gasteiger partial charge in [-0.1, -0.05) is 6.08 Å². The first kappa shape index (κ1) is 9.17. The van der Waals surface area contributed by atoms with Crippen LogP contribution in [-0.4, -0.2) is 30.1 Å². The molecular weight excluding hydrogens is 130 g/mol. The fourth-order valence-corrected chi connectivity index (χ4v) is 0.441. The number of aliphatic carboxylic acids is 1. The van der Waals surface area contributed by atoms with Crippen molar-refractivity contribution < 1.29 is 9.90 Å². The van der Waals surface area contributed by atoms with E-state index in [4.69, 9.17) is 5.11 Å². The van der Waals surface area contributed by atoms with Crippen LogP contribution in [0.15, 0.2) is 12.2 Å². The normalized spacial score (nSPS) is 11.1. The second-order valence-electron chi connectivity index (χ2n) is 2.12. The average Bonchev–Trinajstić information content (AvgIpc) is 1.79. The van der Waals surface area contributed by atoms with Gasteiger partial charge in [0, 0.05) is 12.6 Å². The Bertz CT molecular complexity index is 130. The Kier molecular flexibility index (Phi) is 4.58. The second-order valence-corrected chi connectivity index (χ2v) is 2.12. The molecule has 1 radical (unpaired) electrons. The van der Waals surface area contributed by atoms with Crippen LogP contribution in [-0.2, 0) is 4.79 Å². The minimum Gasteiger partial charge on any atom is -0.478 e. The van der Waals surface area contributed by atoms with Crippen molar-refractivity contribution in [3.63, 3.8) is 0 Å². The predicted molar refractivity (Wildman–Crippen MR) is 39.4 cm³/mol. The molecule has 0 amide bonds. The smallest absolute Gasteiger partial charge is 0.327 e. The molecule has 0 bridgehead atoms. The summed E-state index contributed by atoms with van der Waals surface area (Å²) in [4.78, 5) is 11.8. The Hall–Kier alpha value is -0.830. The van der Waals surface area contributed by atoms with Crippen LogP contribution in [0.2, 0.25) is 0 Å². The summed E-state index contributed by atoms with van der Waals surface area (Å²) < 4.78 is 0. The SMILES string of the molecule is CN(C)[CH]CC=CC(=O)O. The highest BCUT2D eigenvalue weighted by atomic mass is 16.4. The fraction of sp³-hybridized carbons (Fsp3) is 0.429. The molecule has 10 heavy (non-hydrogen) atoms. The summed E-state index contributed by atoms with van der Waals surface area (Å²) >= 11 is 0. The number of rotatable bonds is 4. The van der Waals surface area contributed by atoms with Gasteiger partial charge >= 0.3 is 5.97 Å². The number of nitrogens with zero attached hydrogens (tertiary/aromatic N) is 1. The number of carbonyl (C=O) groups is 1. The average molecular weight is 142 g/mol. The Balaban J connectivity index is 3.27. The molecule has 0 unspecified atom stereocenters. The maximum Gasteiger partial charge on any atom is 0.327 e. The standard InChI is InChI=1S/C7H12NO2/c1-8(2)6-4-3-5-7(9)10/h3,5-6H,4H2,1-2H3,(H,9,10). The van der Waals surface area contributed by atoms with Gasteiger partial charge in [0.05, 0.1) is 0 Å². The molecule has 0 saturated heterocycles. The molecule has 1 N–H and O–H groups in total. The van der Waals surface area contributed by atoms with Crippen LogP contribution < -0.4 is 0 Å². The molecule has 0 aliphatic carbocycles. The van der Waals surface area contributed by atoms with Crippen molar-refractivity contribution in [1.29, 1.82) is 0 Å². The van der Waals surface area contributed by atoms with E-state index >= 15 is 0 Å². The van der Waals surface area contributed by atoms with E-state index < -0.39 is 5.97 Å². The highest BCUT2D eigenvalue weighted by molar-refractivity contribution is 5.79. The lowest BCUT2D eigenvalue weighted by atomic mass is 10.3. The van der Waals surface area contributed by atoms with E-state index in [2.05, 4.69) is 0 Å². The van der Waals surface area contributed by atoms with Gasteiger partial charge in [-0.05, 0) is 20.5 Å². The van der Waals surface area contributed by atoms with E-state index in [0.717, 1.165) is 6.08 Å². The van der Waals surface area contributed by atoms with Crippen LogP contribution in [0.1, 0.15) is 6.42 Å². The van der Waals surface area contributed by atoms with E-state index in [1.54, 1.807) is 6.08 Å². The summed E-state index contributed by atoms with van der Waals surface area (Å²) in [5, 5.41) is 8.16. The third-order valence-electron chi connectivity index (χ3n) is 0.867. The number of carboxylic acid groups (broad SMARTS) is 1. The maximum absolute atomic E-state index is 9.93. The van der Waals surface area contributed by atoms with Crippen molar-refractivity contribution in [2.45, 2.75) is 6.42 Å². The molecule has 0 aliphatic heterocycles. The Labute approximate surface area is 61.0 Å². The Morgan fingerprint density at radius 1 is 1.60 bits per heavy atom. The first-order valence-electron chi connectivity index (χ1n) is 3.02. The molecule has 3 heteroatoms. The van der Waals surface area contributed by atoms with Gasteiger partial charge < -0.3 is 10.0 Å². The van der Waals surface area contributed by atoms with Crippen molar-refractivity contribution in [2.24, 2.45) is 0 Å². The van der Waals surface area contributed by atoms with Gasteiger partial charge in [-0.25, -0.2) is 4.79 Å². The van der Waals surface area contributed by atoms with Crippen LogP contribution in [0.25, 0.3) is 0 Å². The highest BCUT2D eigenvalue weighted by Gasteiger charge is 1.87. The van der Waals surface area contributed by atoms with Gasteiger partial charge in [-0.2, -0.15) is 0 Å². The summed E-state index contributed by atoms with van der Waals surface area (Å²) in [6, 6.07) is 0. The predicted octanol–water partition coefficient (Wildman–Crippen LogP) is 0.741. The molecule has 3 nitrogen and oxygen atoms in total. The molecule has 0 atom stereocenters. The quantitative estimate of drug-likeness (QED) is 0.588. The molecule has 0 spiro atoms. The molecule has 0 aliphatic rings. The Morgan fingerprint density at radius 3 is 2.60 bits per heavy atom. The van der Waals surface area contributed by atoms with Crippen molar-refractivity contribution in [2.75, 3.05) is 14.1 Å². The van der Waals surface area contributed by atoms with E-state index in [9.17, 15) is 4.79 Å². The van der Waals surface area contributed by atoms with Gasteiger partial charge in [0.1, 0.15) is 0 Å². The van der Waals surface area contributed by atoms with Gasteiger partial charge in [0.25, 0.3) is 0 Å². The molecule has 57 valence electrons. The van der Waals surface area contributed by atoms with Crippen LogP contribution in [0.3, 0.4) is 0 Å². The van der Waals surface area contributed by atoms with Gasteiger partial charge in [-0.15, -0.1) is 0 Å². The van der Waals surface area contributed by atoms with Crippen LogP contribution in [0.4, 0.5) is 0 Å². The Morgan fingerprint density at radius 2 is 2.20 bits per heavy atom. The third kappa shape index (κ3) is 7.17. The van der Waals surface area contributed by atoms with Gasteiger partial charge in [0.2, 0.25) is 0 Å². The molecule has 0 aromatic rings. The summed E-state index contributed by atoms with van der Waals surface area (Å²) in [6.45, 7) is 1.89. The number of hydrogen-bond donors (Lipinski definition) is 1. The highest BCUT2D eigenvalue weighted by Crippen LogP contribution is 1.90. The first-order valence-corrected chi connectivity index (χ1v) is 3.02. The summed E-state index contributed by atoms with van der Waals surface area (Å²) in [5.74, 6) is -0.896. The topological polar surface area (TPSA) is 40.5 Å². The monoisotopic (exact) mass is 142 g/mol. The van der Waals surface area contributed by atoms with Crippen LogP contribution in [0, 0.1) is 6.54 Å². The van der Waals surface area contributed by atoms with Gasteiger partial charge in [0.15, 0.2) is 0 Å². The van der Waals surface area contributed by atoms with Crippen molar-refractivity contribution >= 4 is 5.97 Å². The first-order chi connectivity index (χ1) is 4.63. The summed E-state index contributed by atoms with van der Waals surface area (Å²) in [5.41, 5.74) is 0. The lowest BCUT2D eigenvalue weighted by Crippen LogP contribution is -2.05. The molecular formula is C7H12NO2. The van der Waals surface area contributed by atoms with Crippen molar-refractivity contribution in [3.8, 4) is 0 Å². The van der Waals surface area contributed by atoms with Gasteiger partial charge in [-0.3, -0.25) is 0 Å². The molecule has 0 heterocycles. The van der Waals surface area contributed by atoms with E-state index in [0.29, 0.717) is 6.42 Å². The zero-order chi connectivity index (χ0) is 7.98. The minimum absolute atomic E-state index is 0.666. The lowest BCUT2D eigenvalue weighted by molar-refractivity contribution is -0.131. The molecule has 0 aromatic heterocycles. The second kappa shape index (κ2) is 4.99. The van der Waals surface area contributed by atoms with Crippen LogP contribution in [0.5, 0.6) is 0 Å². The van der Waals surface area contributed by atoms with Crippen molar-refractivity contribution in [1.82, 2.24) is 4.90 Å². The maximum atomic E-state index is 9.93. The summed E-state index contributed by atoms with van der Waals surface area (Å²) in [6.07, 6.45) is 3.40. The minimum atomic E-state index is -0.896. The zero-order valence-electron chi connectivity index (χ0n) is 6.24. The zero-order valence-corrected chi connectivity index (χ0v) is 6.24. The summed E-state index contributed by atoms with van der Waals surface area (Å²) in [7, 11) is 3.79.